The van der Waals surface area contributed by atoms with Gasteiger partial charge >= 0.3 is 5.97 Å². The van der Waals surface area contributed by atoms with E-state index in [9.17, 15) is 9.90 Å². The van der Waals surface area contributed by atoms with Crippen molar-refractivity contribution in [2.45, 2.75) is 82.7 Å². The van der Waals surface area contributed by atoms with Gasteiger partial charge < -0.3 is 9.84 Å². The number of aliphatic carboxylic acids is 1. The first kappa shape index (κ1) is 19.7. The minimum Gasteiger partial charge on any atom is -0.489 e. The Bertz CT molecular complexity index is 1030. The molecule has 0 amide bonds. The van der Waals surface area contributed by atoms with Crippen molar-refractivity contribution < 1.29 is 14.6 Å². The van der Waals surface area contributed by atoms with Gasteiger partial charge in [0.2, 0.25) is 0 Å². The van der Waals surface area contributed by atoms with Gasteiger partial charge in [-0.1, -0.05) is 52.0 Å². The van der Waals surface area contributed by atoms with Crippen LogP contribution in [0.3, 0.4) is 0 Å². The molecule has 5 rings (SSSR count). The van der Waals surface area contributed by atoms with Crippen LogP contribution < -0.4 is 4.74 Å². The highest BCUT2D eigenvalue weighted by molar-refractivity contribution is 5.78. The lowest BCUT2D eigenvalue weighted by atomic mass is 9.63. The van der Waals surface area contributed by atoms with Gasteiger partial charge in [0.05, 0.1) is 5.92 Å². The molecule has 0 aromatic heterocycles. The predicted molar refractivity (Wildman–Crippen MR) is 118 cm³/mol. The van der Waals surface area contributed by atoms with Crippen molar-refractivity contribution in [2.24, 2.45) is 5.92 Å². The summed E-state index contributed by atoms with van der Waals surface area (Å²) in [5, 5.41) is 9.47. The SMILES string of the molecule is CC1(C)CCC(C)(C)c2cc(COc3ccc4c(c3)[C@]3(CC4)C[C@H]3C(=O)O)ccc21. The molecule has 3 aliphatic rings. The highest BCUT2D eigenvalue weighted by atomic mass is 16.5. The number of carbonyl (C=O) groups is 1. The standard InChI is InChI=1S/C27H32O3/c1-25(2)11-12-26(3,4)22-13-17(5-8-20(22)25)16-30-19-7-6-18-9-10-27(21(18)14-19)15-23(27)24(28)29/h5-8,13-14,23H,9-12,15-16H2,1-4H3,(H,28,29)/t23-,27-/m0/s1. The normalized spacial score (nSPS) is 27.4. The molecule has 3 aliphatic carbocycles. The van der Waals surface area contributed by atoms with E-state index in [4.69, 9.17) is 4.74 Å². The van der Waals surface area contributed by atoms with Crippen LogP contribution in [0.1, 0.15) is 81.2 Å². The number of fused-ring (bicyclic) bond motifs is 3. The first-order valence-corrected chi connectivity index (χ1v) is 11.3. The number of rotatable bonds is 4. The monoisotopic (exact) mass is 404 g/mol. The molecule has 3 heteroatoms. The third-order valence-electron chi connectivity index (χ3n) is 8.15. The van der Waals surface area contributed by atoms with Gasteiger partial charge in [0.15, 0.2) is 0 Å². The molecule has 158 valence electrons. The molecule has 0 heterocycles. The maximum Gasteiger partial charge on any atom is 0.307 e. The van der Waals surface area contributed by atoms with Crippen molar-refractivity contribution in [3.05, 3.63) is 64.2 Å². The molecule has 2 atom stereocenters. The minimum atomic E-state index is -0.659. The maximum atomic E-state index is 11.5. The van der Waals surface area contributed by atoms with E-state index in [-0.39, 0.29) is 22.2 Å². The second kappa shape index (κ2) is 6.35. The van der Waals surface area contributed by atoms with Crippen molar-refractivity contribution in [3.63, 3.8) is 0 Å². The number of ether oxygens (including phenoxy) is 1. The Balaban J connectivity index is 1.37. The highest BCUT2D eigenvalue weighted by Crippen LogP contribution is 2.62. The number of hydrogen-bond acceptors (Lipinski definition) is 2. The van der Waals surface area contributed by atoms with Crippen LogP contribution in [0.5, 0.6) is 5.75 Å². The quantitative estimate of drug-likeness (QED) is 0.690. The fourth-order valence-corrected chi connectivity index (χ4v) is 5.91. The first-order valence-electron chi connectivity index (χ1n) is 11.3. The molecule has 0 unspecified atom stereocenters. The van der Waals surface area contributed by atoms with Gasteiger partial charge in [0, 0.05) is 5.41 Å². The van der Waals surface area contributed by atoms with Gasteiger partial charge in [0.25, 0.3) is 0 Å². The molecular weight excluding hydrogens is 372 g/mol. The number of hydrogen-bond donors (Lipinski definition) is 1. The lowest BCUT2D eigenvalue weighted by molar-refractivity contribution is -0.139. The van der Waals surface area contributed by atoms with Crippen LogP contribution >= 0.6 is 0 Å². The summed E-state index contributed by atoms with van der Waals surface area (Å²) in [5.74, 6) is -0.0302. The number of carboxylic acid groups (broad SMARTS) is 1. The molecule has 3 nitrogen and oxygen atoms in total. The minimum absolute atomic E-state index is 0.137. The fraction of sp³-hybridized carbons (Fsp3) is 0.519. The summed E-state index contributed by atoms with van der Waals surface area (Å²) < 4.78 is 6.20. The summed E-state index contributed by atoms with van der Waals surface area (Å²) in [7, 11) is 0. The number of benzene rings is 2. The third kappa shape index (κ3) is 2.97. The Morgan fingerprint density at radius 2 is 1.70 bits per heavy atom. The summed E-state index contributed by atoms with van der Waals surface area (Å²) in [6, 6.07) is 13.1. The van der Waals surface area contributed by atoms with Crippen LogP contribution in [0, 0.1) is 5.92 Å². The van der Waals surface area contributed by atoms with Crippen LogP contribution in [0.15, 0.2) is 36.4 Å². The summed E-state index contributed by atoms with van der Waals surface area (Å²) in [6.45, 7) is 9.93. The van der Waals surface area contributed by atoms with E-state index in [1.165, 1.54) is 40.7 Å². The van der Waals surface area contributed by atoms with Crippen LogP contribution in [0.4, 0.5) is 0 Å². The summed E-state index contributed by atoms with van der Waals surface area (Å²) in [4.78, 5) is 11.5. The second-order valence-electron chi connectivity index (χ2n) is 11.0. The zero-order chi connectivity index (χ0) is 21.3. The number of aryl methyl sites for hydroxylation is 1. The van der Waals surface area contributed by atoms with Gasteiger partial charge in [0.1, 0.15) is 12.4 Å². The molecular formula is C27H32O3. The Labute approximate surface area is 179 Å². The van der Waals surface area contributed by atoms with Gasteiger partial charge in [-0.2, -0.15) is 0 Å². The van der Waals surface area contributed by atoms with Gasteiger partial charge in [-0.05, 0) is 82.9 Å². The van der Waals surface area contributed by atoms with Crippen molar-refractivity contribution in [1.29, 1.82) is 0 Å². The van der Waals surface area contributed by atoms with E-state index in [0.717, 1.165) is 25.0 Å². The van der Waals surface area contributed by atoms with Crippen molar-refractivity contribution >= 4 is 5.97 Å². The van der Waals surface area contributed by atoms with Gasteiger partial charge in [-0.3, -0.25) is 4.79 Å². The summed E-state index contributed by atoms with van der Waals surface area (Å²) >= 11 is 0. The zero-order valence-corrected chi connectivity index (χ0v) is 18.5. The fourth-order valence-electron chi connectivity index (χ4n) is 5.91. The predicted octanol–water partition coefficient (Wildman–Crippen LogP) is 5.90. The molecule has 30 heavy (non-hydrogen) atoms. The smallest absolute Gasteiger partial charge is 0.307 e. The first-order chi connectivity index (χ1) is 14.1. The van der Waals surface area contributed by atoms with E-state index >= 15 is 0 Å². The van der Waals surface area contributed by atoms with Crippen molar-refractivity contribution in [2.75, 3.05) is 0 Å². The van der Waals surface area contributed by atoms with Crippen LogP contribution in [0.2, 0.25) is 0 Å². The van der Waals surface area contributed by atoms with E-state index in [1.807, 2.05) is 6.07 Å². The summed E-state index contributed by atoms with van der Waals surface area (Å²) in [5.41, 5.74) is 6.91. The van der Waals surface area contributed by atoms with Gasteiger partial charge in [-0.15, -0.1) is 0 Å². The topological polar surface area (TPSA) is 46.5 Å². The lowest BCUT2D eigenvalue weighted by Crippen LogP contribution is -2.33. The summed E-state index contributed by atoms with van der Waals surface area (Å²) in [6.07, 6.45) is 5.13. The van der Waals surface area contributed by atoms with Crippen LogP contribution in [0.25, 0.3) is 0 Å². The third-order valence-corrected chi connectivity index (χ3v) is 8.15. The largest absolute Gasteiger partial charge is 0.489 e. The highest BCUT2D eigenvalue weighted by Gasteiger charge is 2.61. The van der Waals surface area contributed by atoms with Crippen LogP contribution in [-0.2, 0) is 34.1 Å². The number of carboxylic acids is 1. The van der Waals surface area contributed by atoms with E-state index in [0.29, 0.717) is 6.61 Å². The molecule has 1 fully saturated rings. The van der Waals surface area contributed by atoms with E-state index < -0.39 is 5.97 Å². The molecule has 0 saturated heterocycles. The zero-order valence-electron chi connectivity index (χ0n) is 18.5. The maximum absolute atomic E-state index is 11.5. The Hall–Kier alpha value is -2.29. The average Bonchev–Trinajstić information content (AvgIpc) is 3.34. The molecule has 1 spiro atoms. The molecule has 2 aromatic rings. The van der Waals surface area contributed by atoms with Crippen LogP contribution in [-0.4, -0.2) is 11.1 Å². The Morgan fingerprint density at radius 3 is 2.40 bits per heavy atom. The van der Waals surface area contributed by atoms with Crippen molar-refractivity contribution in [1.82, 2.24) is 0 Å². The molecule has 1 N–H and O–H groups in total. The molecule has 1 saturated carbocycles. The van der Waals surface area contributed by atoms with E-state index in [2.05, 4.69) is 58.0 Å². The molecule has 0 bridgehead atoms. The Kier molecular flexibility index (Phi) is 4.16. The molecule has 0 radical (unpaired) electrons. The molecule has 0 aliphatic heterocycles. The van der Waals surface area contributed by atoms with E-state index in [1.54, 1.807) is 0 Å². The second-order valence-corrected chi connectivity index (χ2v) is 11.0. The molecule has 2 aromatic carbocycles. The Morgan fingerprint density at radius 1 is 0.967 bits per heavy atom. The van der Waals surface area contributed by atoms with Gasteiger partial charge in [-0.25, -0.2) is 0 Å². The average molecular weight is 405 g/mol. The van der Waals surface area contributed by atoms with Crippen molar-refractivity contribution in [3.8, 4) is 5.75 Å². The lowest BCUT2D eigenvalue weighted by Gasteiger charge is -2.42.